The first kappa shape index (κ1) is 12.4. The van der Waals surface area contributed by atoms with Crippen molar-refractivity contribution in [2.75, 3.05) is 18.0 Å². The van der Waals surface area contributed by atoms with Crippen molar-refractivity contribution in [3.8, 4) is 0 Å². The molecule has 1 saturated heterocycles. The minimum absolute atomic E-state index is 0.278. The zero-order valence-electron chi connectivity index (χ0n) is 11.4. The summed E-state index contributed by atoms with van der Waals surface area (Å²) in [7, 11) is 0. The highest BCUT2D eigenvalue weighted by Gasteiger charge is 2.37. The van der Waals surface area contributed by atoms with Crippen molar-refractivity contribution in [2.45, 2.75) is 38.5 Å². The van der Waals surface area contributed by atoms with Gasteiger partial charge >= 0.3 is 0 Å². The molecule has 1 aliphatic carbocycles. The number of nitrogens with zero attached hydrogens (tertiary/aromatic N) is 4. The van der Waals surface area contributed by atoms with Crippen molar-refractivity contribution in [3.63, 3.8) is 0 Å². The molecule has 1 saturated carbocycles. The summed E-state index contributed by atoms with van der Waals surface area (Å²) >= 11 is 6.02. The Labute approximate surface area is 122 Å². The van der Waals surface area contributed by atoms with Gasteiger partial charge in [0.15, 0.2) is 11.5 Å². The molecule has 4 rings (SSSR count). The van der Waals surface area contributed by atoms with Crippen molar-refractivity contribution < 1.29 is 0 Å². The standard InChI is InChI=1S/C14H18ClN5/c15-13-18-11-10(16-9-17-11)12(19-13)20-7-5-14(6-8-20)3-1-2-4-14/h9H,1-8H2,(H,16,17,18,19). The number of aromatic nitrogens is 4. The third-order valence-corrected chi connectivity index (χ3v) is 5.20. The second kappa shape index (κ2) is 4.58. The average Bonchev–Trinajstić information content (AvgIpc) is 3.08. The maximum absolute atomic E-state index is 6.02. The van der Waals surface area contributed by atoms with Crippen LogP contribution in [0.5, 0.6) is 0 Å². The van der Waals surface area contributed by atoms with Crippen LogP contribution in [0, 0.1) is 5.41 Å². The minimum atomic E-state index is 0.278. The topological polar surface area (TPSA) is 57.7 Å². The number of rotatable bonds is 1. The number of hydrogen-bond acceptors (Lipinski definition) is 4. The number of fused-ring (bicyclic) bond motifs is 1. The number of halogens is 1. The van der Waals surface area contributed by atoms with E-state index in [1.165, 1.54) is 38.5 Å². The largest absolute Gasteiger partial charge is 0.355 e. The molecule has 2 aromatic rings. The van der Waals surface area contributed by atoms with Crippen LogP contribution in [0.2, 0.25) is 5.28 Å². The van der Waals surface area contributed by atoms with E-state index in [9.17, 15) is 0 Å². The summed E-state index contributed by atoms with van der Waals surface area (Å²) in [5.41, 5.74) is 2.17. The van der Waals surface area contributed by atoms with E-state index in [2.05, 4.69) is 24.8 Å². The molecule has 5 nitrogen and oxygen atoms in total. The van der Waals surface area contributed by atoms with E-state index in [4.69, 9.17) is 11.6 Å². The van der Waals surface area contributed by atoms with Crippen LogP contribution in [0.25, 0.3) is 11.2 Å². The van der Waals surface area contributed by atoms with Gasteiger partial charge < -0.3 is 9.88 Å². The first-order valence-corrected chi connectivity index (χ1v) is 7.75. The van der Waals surface area contributed by atoms with Crippen LogP contribution >= 0.6 is 11.6 Å². The zero-order chi connectivity index (χ0) is 13.6. The Morgan fingerprint density at radius 1 is 1.10 bits per heavy atom. The van der Waals surface area contributed by atoms with Crippen molar-refractivity contribution in [3.05, 3.63) is 11.6 Å². The average molecular weight is 292 g/mol. The summed E-state index contributed by atoms with van der Waals surface area (Å²) < 4.78 is 0. The summed E-state index contributed by atoms with van der Waals surface area (Å²) in [5.74, 6) is 0.908. The van der Waals surface area contributed by atoms with Crippen LogP contribution in [-0.4, -0.2) is 33.0 Å². The normalized spacial score (nSPS) is 21.9. The van der Waals surface area contributed by atoms with Gasteiger partial charge in [0.2, 0.25) is 5.28 Å². The molecule has 0 atom stereocenters. The van der Waals surface area contributed by atoms with Gasteiger partial charge in [-0.3, -0.25) is 0 Å². The quantitative estimate of drug-likeness (QED) is 0.820. The van der Waals surface area contributed by atoms with Crippen LogP contribution in [0.1, 0.15) is 38.5 Å². The first-order valence-electron chi connectivity index (χ1n) is 7.37. The highest BCUT2D eigenvalue weighted by Crippen LogP contribution is 2.46. The third kappa shape index (κ3) is 1.95. The number of imidazole rings is 1. The van der Waals surface area contributed by atoms with Crippen LogP contribution in [0.15, 0.2) is 6.33 Å². The maximum atomic E-state index is 6.02. The Morgan fingerprint density at radius 2 is 1.85 bits per heavy atom. The lowest BCUT2D eigenvalue weighted by Crippen LogP contribution is -2.39. The van der Waals surface area contributed by atoms with Crippen molar-refractivity contribution in [1.29, 1.82) is 0 Å². The van der Waals surface area contributed by atoms with E-state index in [1.807, 2.05) is 0 Å². The fourth-order valence-electron chi connectivity index (χ4n) is 3.84. The van der Waals surface area contributed by atoms with Crippen molar-refractivity contribution in [1.82, 2.24) is 19.9 Å². The van der Waals surface area contributed by atoms with Gasteiger partial charge in [-0.2, -0.15) is 9.97 Å². The number of H-pyrrole nitrogens is 1. The molecule has 2 fully saturated rings. The molecule has 0 amide bonds. The smallest absolute Gasteiger partial charge is 0.226 e. The summed E-state index contributed by atoms with van der Waals surface area (Å²) in [4.78, 5) is 18.2. The Kier molecular flexibility index (Phi) is 2.84. The first-order chi connectivity index (χ1) is 9.76. The second-order valence-corrected chi connectivity index (χ2v) is 6.45. The molecule has 2 aromatic heterocycles. The fraction of sp³-hybridized carbons (Fsp3) is 0.643. The van der Waals surface area contributed by atoms with Gasteiger partial charge in [0.1, 0.15) is 5.52 Å². The second-order valence-electron chi connectivity index (χ2n) is 6.11. The highest BCUT2D eigenvalue weighted by atomic mass is 35.5. The van der Waals surface area contributed by atoms with E-state index < -0.39 is 0 Å². The maximum Gasteiger partial charge on any atom is 0.226 e. The van der Waals surface area contributed by atoms with E-state index in [1.54, 1.807) is 6.33 Å². The van der Waals surface area contributed by atoms with E-state index in [0.717, 1.165) is 24.4 Å². The Bertz CT molecular complexity index is 622. The lowest BCUT2D eigenvalue weighted by Gasteiger charge is -2.40. The minimum Gasteiger partial charge on any atom is -0.355 e. The SMILES string of the molecule is Clc1nc(N2CCC3(CCCC3)CC2)c2[nH]cnc2n1. The molecule has 0 bridgehead atoms. The van der Waals surface area contributed by atoms with E-state index in [0.29, 0.717) is 11.1 Å². The van der Waals surface area contributed by atoms with Crippen molar-refractivity contribution >= 4 is 28.6 Å². The summed E-state index contributed by atoms with van der Waals surface area (Å²) in [6.07, 6.45) is 9.82. The zero-order valence-corrected chi connectivity index (χ0v) is 12.2. The van der Waals surface area contributed by atoms with E-state index >= 15 is 0 Å². The fourth-order valence-corrected chi connectivity index (χ4v) is 4.00. The molecule has 1 N–H and O–H groups in total. The molecule has 6 heteroatoms. The van der Waals surface area contributed by atoms with Gasteiger partial charge in [0.05, 0.1) is 6.33 Å². The number of anilines is 1. The Morgan fingerprint density at radius 3 is 2.60 bits per heavy atom. The number of nitrogens with one attached hydrogen (secondary N) is 1. The molecule has 0 radical (unpaired) electrons. The van der Waals surface area contributed by atoms with E-state index in [-0.39, 0.29) is 5.28 Å². The molecule has 0 unspecified atom stereocenters. The van der Waals surface area contributed by atoms with Crippen molar-refractivity contribution in [2.24, 2.45) is 5.41 Å². The number of aromatic amines is 1. The Hall–Kier alpha value is -1.36. The number of hydrogen-bond donors (Lipinski definition) is 1. The van der Waals surface area contributed by atoms with Gasteiger partial charge in [-0.05, 0) is 42.7 Å². The molecule has 2 aliphatic rings. The molecule has 0 aromatic carbocycles. The van der Waals surface area contributed by atoms with Crippen LogP contribution in [0.4, 0.5) is 5.82 Å². The molecule has 20 heavy (non-hydrogen) atoms. The van der Waals surface area contributed by atoms with Gasteiger partial charge in [-0.15, -0.1) is 0 Å². The molecular weight excluding hydrogens is 274 g/mol. The molecule has 106 valence electrons. The lowest BCUT2D eigenvalue weighted by molar-refractivity contribution is 0.226. The molecule has 1 spiro atoms. The molecule has 3 heterocycles. The van der Waals surface area contributed by atoms with Gasteiger partial charge in [-0.25, -0.2) is 4.98 Å². The number of piperidine rings is 1. The Balaban J connectivity index is 1.62. The third-order valence-electron chi connectivity index (χ3n) is 5.03. The predicted octanol–water partition coefficient (Wildman–Crippen LogP) is 3.17. The highest BCUT2D eigenvalue weighted by molar-refractivity contribution is 6.28. The van der Waals surface area contributed by atoms with Crippen LogP contribution in [-0.2, 0) is 0 Å². The predicted molar refractivity (Wildman–Crippen MR) is 79.0 cm³/mol. The summed E-state index contributed by atoms with van der Waals surface area (Å²) in [6, 6.07) is 0. The molecule has 1 aliphatic heterocycles. The molecular formula is C14H18ClN5. The van der Waals surface area contributed by atoms with Gasteiger partial charge in [0.25, 0.3) is 0 Å². The monoisotopic (exact) mass is 291 g/mol. The summed E-state index contributed by atoms with van der Waals surface area (Å²) in [6.45, 7) is 2.11. The summed E-state index contributed by atoms with van der Waals surface area (Å²) in [5, 5.41) is 0.278. The van der Waals surface area contributed by atoms with Gasteiger partial charge in [0, 0.05) is 13.1 Å². The lowest BCUT2D eigenvalue weighted by atomic mass is 9.77. The van der Waals surface area contributed by atoms with Gasteiger partial charge in [-0.1, -0.05) is 12.8 Å². The van der Waals surface area contributed by atoms with Crippen LogP contribution in [0.3, 0.4) is 0 Å². The van der Waals surface area contributed by atoms with Crippen LogP contribution < -0.4 is 4.90 Å².